The van der Waals surface area contributed by atoms with E-state index in [1.165, 1.54) is 4.90 Å². The summed E-state index contributed by atoms with van der Waals surface area (Å²) in [5.41, 5.74) is 1.51. The third-order valence-corrected chi connectivity index (χ3v) is 2.86. The van der Waals surface area contributed by atoms with Crippen LogP contribution < -0.4 is 5.32 Å². The number of nitrogens with one attached hydrogen (secondary N) is 1. The van der Waals surface area contributed by atoms with Crippen LogP contribution in [0.15, 0.2) is 18.2 Å². The Bertz CT molecular complexity index is 406. The van der Waals surface area contributed by atoms with Gasteiger partial charge in [-0.15, -0.1) is 0 Å². The van der Waals surface area contributed by atoms with E-state index in [9.17, 15) is 4.79 Å². The first-order chi connectivity index (χ1) is 8.58. The number of urea groups is 1. The van der Waals surface area contributed by atoms with Gasteiger partial charge in [-0.05, 0) is 24.6 Å². The number of aliphatic hydroxyl groups excluding tert-OH is 2. The number of nitrogens with zero attached hydrogens (tertiary/aromatic N) is 1. The van der Waals surface area contributed by atoms with Gasteiger partial charge in [-0.3, -0.25) is 0 Å². The van der Waals surface area contributed by atoms with E-state index in [2.05, 4.69) is 5.32 Å². The van der Waals surface area contributed by atoms with Crippen molar-refractivity contribution < 1.29 is 15.0 Å². The highest BCUT2D eigenvalue weighted by Crippen LogP contribution is 2.20. The van der Waals surface area contributed by atoms with E-state index >= 15 is 0 Å². The van der Waals surface area contributed by atoms with Crippen molar-refractivity contribution in [3.8, 4) is 0 Å². The van der Waals surface area contributed by atoms with Crippen molar-refractivity contribution in [1.29, 1.82) is 0 Å². The lowest BCUT2D eigenvalue weighted by molar-refractivity contribution is 0.167. The normalized spacial score (nSPS) is 10.2. The van der Waals surface area contributed by atoms with E-state index in [0.29, 0.717) is 10.7 Å². The molecule has 0 fully saturated rings. The van der Waals surface area contributed by atoms with Crippen LogP contribution in [0.1, 0.15) is 5.56 Å². The molecule has 0 bridgehead atoms. The van der Waals surface area contributed by atoms with Gasteiger partial charge in [0, 0.05) is 23.8 Å². The summed E-state index contributed by atoms with van der Waals surface area (Å²) >= 11 is 5.95. The molecule has 6 heteroatoms. The number of anilines is 1. The lowest BCUT2D eigenvalue weighted by atomic mass is 10.2. The van der Waals surface area contributed by atoms with E-state index in [-0.39, 0.29) is 32.3 Å². The third-order valence-electron chi connectivity index (χ3n) is 2.45. The summed E-state index contributed by atoms with van der Waals surface area (Å²) < 4.78 is 0. The van der Waals surface area contributed by atoms with E-state index in [1.807, 2.05) is 6.92 Å². The van der Waals surface area contributed by atoms with Gasteiger partial charge in [0.05, 0.1) is 13.2 Å². The first-order valence-corrected chi connectivity index (χ1v) is 6.00. The lowest BCUT2D eigenvalue weighted by Gasteiger charge is -2.21. The Hall–Kier alpha value is -1.30. The van der Waals surface area contributed by atoms with Crippen LogP contribution >= 0.6 is 11.6 Å². The highest BCUT2D eigenvalue weighted by atomic mass is 35.5. The largest absolute Gasteiger partial charge is 0.395 e. The monoisotopic (exact) mass is 272 g/mol. The maximum Gasteiger partial charge on any atom is 0.322 e. The predicted octanol–water partition coefficient (Wildman–Crippen LogP) is 1.47. The van der Waals surface area contributed by atoms with Gasteiger partial charge in [-0.1, -0.05) is 17.7 Å². The van der Waals surface area contributed by atoms with Crippen molar-refractivity contribution in [1.82, 2.24) is 4.90 Å². The van der Waals surface area contributed by atoms with Gasteiger partial charge >= 0.3 is 6.03 Å². The zero-order chi connectivity index (χ0) is 13.5. The Morgan fingerprint density at radius 1 is 1.33 bits per heavy atom. The lowest BCUT2D eigenvalue weighted by Crippen LogP contribution is -2.38. The fourth-order valence-corrected chi connectivity index (χ4v) is 1.61. The Labute approximate surface area is 111 Å². The molecular formula is C12H17ClN2O3. The van der Waals surface area contributed by atoms with Gasteiger partial charge in [0.15, 0.2) is 0 Å². The topological polar surface area (TPSA) is 72.8 Å². The molecule has 18 heavy (non-hydrogen) atoms. The van der Waals surface area contributed by atoms with Crippen molar-refractivity contribution in [3.05, 3.63) is 28.8 Å². The van der Waals surface area contributed by atoms with E-state index in [1.54, 1.807) is 18.2 Å². The summed E-state index contributed by atoms with van der Waals surface area (Å²) in [4.78, 5) is 13.2. The van der Waals surface area contributed by atoms with Crippen LogP contribution in [0.25, 0.3) is 0 Å². The van der Waals surface area contributed by atoms with Crippen LogP contribution in [0.5, 0.6) is 0 Å². The fraction of sp³-hybridized carbons (Fsp3) is 0.417. The third kappa shape index (κ3) is 4.18. The second kappa shape index (κ2) is 7.20. The molecule has 3 N–H and O–H groups in total. The van der Waals surface area contributed by atoms with Crippen LogP contribution in [-0.2, 0) is 0 Å². The van der Waals surface area contributed by atoms with Gasteiger partial charge < -0.3 is 20.4 Å². The number of halogens is 1. The first-order valence-electron chi connectivity index (χ1n) is 5.62. The minimum absolute atomic E-state index is 0.151. The molecule has 1 rings (SSSR count). The van der Waals surface area contributed by atoms with Crippen LogP contribution in [0.3, 0.4) is 0 Å². The first kappa shape index (κ1) is 14.8. The molecule has 0 aliphatic carbocycles. The number of hydrogen-bond acceptors (Lipinski definition) is 3. The van der Waals surface area contributed by atoms with E-state index < -0.39 is 0 Å². The summed E-state index contributed by atoms with van der Waals surface area (Å²) in [5, 5.41) is 20.9. The van der Waals surface area contributed by atoms with Crippen molar-refractivity contribution >= 4 is 23.3 Å². The summed E-state index contributed by atoms with van der Waals surface area (Å²) in [6, 6.07) is 4.83. The van der Waals surface area contributed by atoms with Gasteiger partial charge in [0.25, 0.3) is 0 Å². The maximum atomic E-state index is 11.8. The molecule has 0 saturated carbocycles. The summed E-state index contributed by atoms with van der Waals surface area (Å²) in [6.07, 6.45) is 0. The molecule has 0 aliphatic rings. The van der Waals surface area contributed by atoms with Crippen molar-refractivity contribution in [2.75, 3.05) is 31.6 Å². The molecule has 100 valence electrons. The predicted molar refractivity (Wildman–Crippen MR) is 71.0 cm³/mol. The molecule has 0 aromatic heterocycles. The molecular weight excluding hydrogens is 256 g/mol. The Morgan fingerprint density at radius 2 is 1.94 bits per heavy atom. The van der Waals surface area contributed by atoms with Crippen LogP contribution in [0, 0.1) is 6.92 Å². The summed E-state index contributed by atoms with van der Waals surface area (Å²) in [7, 11) is 0. The molecule has 0 spiro atoms. The number of aliphatic hydroxyl groups is 2. The fourth-order valence-electron chi connectivity index (χ4n) is 1.43. The summed E-state index contributed by atoms with van der Waals surface area (Å²) in [6.45, 7) is 1.92. The number of benzene rings is 1. The number of carbonyl (C=O) groups excluding carboxylic acids is 1. The molecule has 0 saturated heterocycles. The Kier molecular flexibility index (Phi) is 5.91. The van der Waals surface area contributed by atoms with Crippen molar-refractivity contribution in [2.45, 2.75) is 6.92 Å². The number of carbonyl (C=O) groups is 1. The molecule has 0 aliphatic heterocycles. The minimum Gasteiger partial charge on any atom is -0.395 e. The molecule has 0 atom stereocenters. The van der Waals surface area contributed by atoms with Crippen molar-refractivity contribution in [3.63, 3.8) is 0 Å². The number of amides is 2. The Morgan fingerprint density at radius 3 is 2.44 bits per heavy atom. The average molecular weight is 273 g/mol. The minimum atomic E-state index is -0.377. The highest BCUT2D eigenvalue weighted by Gasteiger charge is 2.12. The molecule has 0 unspecified atom stereocenters. The molecule has 0 radical (unpaired) electrons. The van der Waals surface area contributed by atoms with Crippen LogP contribution in [-0.4, -0.2) is 47.4 Å². The van der Waals surface area contributed by atoms with Crippen molar-refractivity contribution in [2.24, 2.45) is 0 Å². The number of aryl methyl sites for hydroxylation is 1. The van der Waals surface area contributed by atoms with Gasteiger partial charge in [-0.2, -0.15) is 0 Å². The maximum absolute atomic E-state index is 11.8. The number of hydrogen-bond donors (Lipinski definition) is 3. The SMILES string of the molecule is Cc1ccc(NC(=O)N(CCO)CCO)cc1Cl. The smallest absolute Gasteiger partial charge is 0.322 e. The summed E-state index contributed by atoms with van der Waals surface area (Å²) in [5.74, 6) is 0. The molecule has 1 aromatic carbocycles. The standard InChI is InChI=1S/C12H17ClN2O3/c1-9-2-3-10(8-11(9)13)14-12(18)15(4-6-16)5-7-17/h2-3,8,16-17H,4-7H2,1H3,(H,14,18). The zero-order valence-electron chi connectivity index (χ0n) is 10.2. The van der Waals surface area contributed by atoms with E-state index in [4.69, 9.17) is 21.8 Å². The second-order valence-electron chi connectivity index (χ2n) is 3.83. The quantitative estimate of drug-likeness (QED) is 0.760. The highest BCUT2D eigenvalue weighted by molar-refractivity contribution is 6.31. The Balaban J connectivity index is 2.69. The van der Waals surface area contributed by atoms with Crippen LogP contribution in [0.2, 0.25) is 5.02 Å². The second-order valence-corrected chi connectivity index (χ2v) is 4.24. The van der Waals surface area contributed by atoms with Gasteiger partial charge in [0.1, 0.15) is 0 Å². The molecule has 5 nitrogen and oxygen atoms in total. The van der Waals surface area contributed by atoms with Crippen LogP contribution in [0.4, 0.5) is 10.5 Å². The zero-order valence-corrected chi connectivity index (χ0v) is 10.9. The molecule has 0 heterocycles. The molecule has 1 aromatic rings. The number of rotatable bonds is 5. The van der Waals surface area contributed by atoms with E-state index in [0.717, 1.165) is 5.56 Å². The average Bonchev–Trinajstić information content (AvgIpc) is 2.33. The molecule has 2 amide bonds. The van der Waals surface area contributed by atoms with Gasteiger partial charge in [-0.25, -0.2) is 4.79 Å². The van der Waals surface area contributed by atoms with Gasteiger partial charge in [0.2, 0.25) is 0 Å².